The first-order valence-corrected chi connectivity index (χ1v) is 9.80. The van der Waals surface area contributed by atoms with Gasteiger partial charge in [-0.1, -0.05) is 6.07 Å². The molecule has 0 spiro atoms. The Morgan fingerprint density at radius 2 is 1.86 bits per heavy atom. The summed E-state index contributed by atoms with van der Waals surface area (Å²) in [5.41, 5.74) is 0.504. The van der Waals surface area contributed by atoms with Gasteiger partial charge in [0.2, 0.25) is 5.91 Å². The second kappa shape index (κ2) is 7.48. The number of hydrogen-bond donors (Lipinski definition) is 0. The number of pyridine rings is 1. The summed E-state index contributed by atoms with van der Waals surface area (Å²) in [5.74, 6) is -1.74. The lowest BCUT2D eigenvalue weighted by Gasteiger charge is -2.35. The van der Waals surface area contributed by atoms with Crippen molar-refractivity contribution in [2.24, 2.45) is 5.92 Å². The zero-order chi connectivity index (χ0) is 19.7. The number of piperidine rings is 2. The quantitative estimate of drug-likeness (QED) is 0.808. The van der Waals surface area contributed by atoms with Gasteiger partial charge in [0.15, 0.2) is 0 Å². The molecule has 4 heterocycles. The number of carbonyl (C=O) groups excluding carboxylic acids is 1. The minimum atomic E-state index is -2.63. The molecule has 0 aliphatic carbocycles. The highest BCUT2D eigenvalue weighted by atomic mass is 19.3. The van der Waals surface area contributed by atoms with E-state index < -0.39 is 5.92 Å². The van der Waals surface area contributed by atoms with Gasteiger partial charge >= 0.3 is 0 Å². The van der Waals surface area contributed by atoms with E-state index in [1.54, 1.807) is 29.3 Å². The summed E-state index contributed by atoms with van der Waals surface area (Å²) in [5, 5.41) is 0. The average Bonchev–Trinajstić information content (AvgIpc) is 2.68. The highest BCUT2D eigenvalue weighted by Crippen LogP contribution is 2.29. The molecule has 1 amide bonds. The molecular formula is C20H24F2N4O2. The SMILES string of the molecule is O=C(CC1CCN(c2cc(=O)n3ccccc3n2)CC1)N1CCC(F)(F)CC1. The van der Waals surface area contributed by atoms with Crippen LogP contribution in [-0.2, 0) is 4.79 Å². The van der Waals surface area contributed by atoms with Gasteiger partial charge in [-0.3, -0.25) is 14.0 Å². The number of rotatable bonds is 3. The van der Waals surface area contributed by atoms with Gasteiger partial charge < -0.3 is 9.80 Å². The van der Waals surface area contributed by atoms with E-state index in [0.717, 1.165) is 25.9 Å². The van der Waals surface area contributed by atoms with Gasteiger partial charge in [-0.2, -0.15) is 0 Å². The summed E-state index contributed by atoms with van der Waals surface area (Å²) in [6.07, 6.45) is 3.29. The Labute approximate surface area is 161 Å². The molecular weight excluding hydrogens is 366 g/mol. The highest BCUT2D eigenvalue weighted by molar-refractivity contribution is 5.76. The molecule has 0 saturated carbocycles. The Morgan fingerprint density at radius 1 is 1.14 bits per heavy atom. The Bertz CT molecular complexity index is 912. The monoisotopic (exact) mass is 390 g/mol. The van der Waals surface area contributed by atoms with Crippen molar-refractivity contribution in [1.82, 2.24) is 14.3 Å². The lowest BCUT2D eigenvalue weighted by atomic mass is 9.92. The molecule has 6 nitrogen and oxygen atoms in total. The second-order valence-corrected chi connectivity index (χ2v) is 7.75. The summed E-state index contributed by atoms with van der Waals surface area (Å²) in [6, 6.07) is 6.99. The maximum absolute atomic E-state index is 13.3. The van der Waals surface area contributed by atoms with E-state index in [1.165, 1.54) is 4.40 Å². The van der Waals surface area contributed by atoms with Crippen LogP contribution < -0.4 is 10.5 Å². The fourth-order valence-electron chi connectivity index (χ4n) is 4.03. The molecule has 2 aliphatic rings. The van der Waals surface area contributed by atoms with Crippen LogP contribution in [0.2, 0.25) is 0 Å². The van der Waals surface area contributed by atoms with Crippen molar-refractivity contribution in [2.45, 2.75) is 38.0 Å². The highest BCUT2D eigenvalue weighted by Gasteiger charge is 2.36. The van der Waals surface area contributed by atoms with Crippen molar-refractivity contribution in [1.29, 1.82) is 0 Å². The van der Waals surface area contributed by atoms with E-state index in [9.17, 15) is 18.4 Å². The predicted molar refractivity (Wildman–Crippen MR) is 102 cm³/mol. The molecule has 0 N–H and O–H groups in total. The summed E-state index contributed by atoms with van der Waals surface area (Å²) >= 11 is 0. The third kappa shape index (κ3) is 4.00. The Morgan fingerprint density at radius 3 is 2.57 bits per heavy atom. The molecule has 0 aromatic carbocycles. The Balaban J connectivity index is 1.34. The molecule has 150 valence electrons. The number of aromatic nitrogens is 2. The van der Waals surface area contributed by atoms with Crippen molar-refractivity contribution in [2.75, 3.05) is 31.1 Å². The van der Waals surface area contributed by atoms with Gasteiger partial charge in [-0.05, 0) is 30.9 Å². The van der Waals surface area contributed by atoms with Crippen molar-refractivity contribution < 1.29 is 13.6 Å². The molecule has 2 fully saturated rings. The van der Waals surface area contributed by atoms with Crippen LogP contribution in [0.15, 0.2) is 35.3 Å². The first-order valence-electron chi connectivity index (χ1n) is 9.80. The molecule has 4 rings (SSSR count). The number of anilines is 1. The number of likely N-dealkylation sites (tertiary alicyclic amines) is 1. The number of amides is 1. The standard InChI is InChI=1S/C20H24F2N4O2/c21-20(22)6-11-25(12-7-20)18(27)13-15-4-9-24(10-5-15)17-14-19(28)26-8-2-1-3-16(26)23-17/h1-3,8,14-15H,4-7,9-13H2. The van der Waals surface area contributed by atoms with E-state index in [1.807, 2.05) is 6.07 Å². The van der Waals surface area contributed by atoms with Gasteiger partial charge in [0, 0.05) is 57.7 Å². The van der Waals surface area contributed by atoms with Crippen molar-refractivity contribution in [3.05, 3.63) is 40.8 Å². The van der Waals surface area contributed by atoms with Gasteiger partial charge in [0.1, 0.15) is 11.5 Å². The second-order valence-electron chi connectivity index (χ2n) is 7.75. The first-order chi connectivity index (χ1) is 13.4. The van der Waals surface area contributed by atoms with Gasteiger partial charge in [-0.25, -0.2) is 13.8 Å². The zero-order valence-corrected chi connectivity index (χ0v) is 15.7. The number of halogens is 2. The van der Waals surface area contributed by atoms with Crippen LogP contribution in [-0.4, -0.2) is 52.3 Å². The molecule has 2 aromatic rings. The molecule has 0 unspecified atom stereocenters. The van der Waals surface area contributed by atoms with Crippen LogP contribution >= 0.6 is 0 Å². The molecule has 2 aromatic heterocycles. The van der Waals surface area contributed by atoms with Crippen LogP contribution in [0.1, 0.15) is 32.1 Å². The number of hydrogen-bond acceptors (Lipinski definition) is 4. The lowest BCUT2D eigenvalue weighted by Crippen LogP contribution is -2.44. The van der Waals surface area contributed by atoms with Crippen molar-refractivity contribution in [3.8, 4) is 0 Å². The fourth-order valence-corrected chi connectivity index (χ4v) is 4.03. The largest absolute Gasteiger partial charge is 0.356 e. The van der Waals surface area contributed by atoms with Gasteiger partial charge in [0.05, 0.1) is 0 Å². The Hall–Kier alpha value is -2.51. The van der Waals surface area contributed by atoms with E-state index in [0.29, 0.717) is 17.9 Å². The van der Waals surface area contributed by atoms with Crippen LogP contribution in [0, 0.1) is 5.92 Å². The number of fused-ring (bicyclic) bond motifs is 1. The minimum Gasteiger partial charge on any atom is -0.356 e. The molecule has 2 saturated heterocycles. The normalized spacial score (nSPS) is 20.5. The van der Waals surface area contributed by atoms with Crippen LogP contribution in [0.5, 0.6) is 0 Å². The van der Waals surface area contributed by atoms with Crippen molar-refractivity contribution in [3.63, 3.8) is 0 Å². The smallest absolute Gasteiger partial charge is 0.259 e. The van der Waals surface area contributed by atoms with Crippen LogP contribution in [0.3, 0.4) is 0 Å². The number of alkyl halides is 2. The number of carbonyl (C=O) groups is 1. The number of nitrogens with zero attached hydrogens (tertiary/aromatic N) is 4. The topological polar surface area (TPSA) is 57.9 Å². The van der Waals surface area contributed by atoms with Gasteiger partial charge in [-0.15, -0.1) is 0 Å². The van der Waals surface area contributed by atoms with E-state index in [4.69, 9.17) is 0 Å². The maximum atomic E-state index is 13.3. The molecule has 8 heteroatoms. The van der Waals surface area contributed by atoms with Crippen molar-refractivity contribution >= 4 is 17.4 Å². The predicted octanol–water partition coefficient (Wildman–Crippen LogP) is 2.56. The van der Waals surface area contributed by atoms with Crippen LogP contribution in [0.4, 0.5) is 14.6 Å². The minimum absolute atomic E-state index is 0.0176. The van der Waals surface area contributed by atoms with E-state index in [2.05, 4.69) is 9.88 Å². The van der Waals surface area contributed by atoms with Crippen LogP contribution in [0.25, 0.3) is 5.65 Å². The summed E-state index contributed by atoms with van der Waals surface area (Å²) < 4.78 is 28.0. The zero-order valence-electron chi connectivity index (χ0n) is 15.7. The summed E-state index contributed by atoms with van der Waals surface area (Å²) in [6.45, 7) is 1.75. The summed E-state index contributed by atoms with van der Waals surface area (Å²) in [4.78, 5) is 32.9. The maximum Gasteiger partial charge on any atom is 0.259 e. The molecule has 0 bridgehead atoms. The first kappa shape index (κ1) is 18.8. The van der Waals surface area contributed by atoms with E-state index >= 15 is 0 Å². The molecule has 0 atom stereocenters. The fraction of sp³-hybridized carbons (Fsp3) is 0.550. The lowest BCUT2D eigenvalue weighted by molar-refractivity contribution is -0.138. The summed E-state index contributed by atoms with van der Waals surface area (Å²) in [7, 11) is 0. The van der Waals surface area contributed by atoms with Gasteiger partial charge in [0.25, 0.3) is 11.5 Å². The molecule has 28 heavy (non-hydrogen) atoms. The average molecular weight is 390 g/mol. The Kier molecular flexibility index (Phi) is 5.03. The van der Waals surface area contributed by atoms with E-state index in [-0.39, 0.29) is 43.3 Å². The molecule has 0 radical (unpaired) electrons. The molecule has 2 aliphatic heterocycles. The third-order valence-corrected chi connectivity index (χ3v) is 5.81. The third-order valence-electron chi connectivity index (χ3n) is 5.81.